The lowest BCUT2D eigenvalue weighted by Gasteiger charge is -1.96. The van der Waals surface area contributed by atoms with E-state index in [0.717, 1.165) is 5.52 Å². The zero-order valence-electron chi connectivity index (χ0n) is 6.94. The second-order valence-electron chi connectivity index (χ2n) is 2.52. The minimum atomic E-state index is -0.370. The van der Waals surface area contributed by atoms with Crippen molar-refractivity contribution in [1.82, 2.24) is 15.4 Å². The molecule has 0 aliphatic rings. The number of rotatable bonds is 1. The number of esters is 1. The highest BCUT2D eigenvalue weighted by Gasteiger charge is 2.06. The number of methoxy groups -OCH3 is 1. The molecule has 0 saturated carbocycles. The van der Waals surface area contributed by atoms with Gasteiger partial charge in [0, 0.05) is 0 Å². The van der Waals surface area contributed by atoms with Gasteiger partial charge in [-0.1, -0.05) is 0 Å². The molecule has 0 aliphatic carbocycles. The van der Waals surface area contributed by atoms with E-state index in [1.165, 1.54) is 7.11 Å². The van der Waals surface area contributed by atoms with Crippen LogP contribution in [0, 0.1) is 0 Å². The van der Waals surface area contributed by atoms with E-state index < -0.39 is 0 Å². The lowest BCUT2D eigenvalue weighted by atomic mass is 10.2. The maximum atomic E-state index is 11.1. The van der Waals surface area contributed by atoms with Gasteiger partial charge in [-0.3, -0.25) is 0 Å². The summed E-state index contributed by atoms with van der Waals surface area (Å²) in [7, 11) is 1.34. The quantitative estimate of drug-likeness (QED) is 0.652. The van der Waals surface area contributed by atoms with Gasteiger partial charge in [0.2, 0.25) is 0 Å². The number of benzene rings is 1. The third-order valence-corrected chi connectivity index (χ3v) is 1.74. The Hall–Kier alpha value is -1.91. The number of ether oxygens (including phenoxy) is 1. The van der Waals surface area contributed by atoms with Crippen molar-refractivity contribution in [2.24, 2.45) is 0 Å². The van der Waals surface area contributed by atoms with Gasteiger partial charge in [-0.25, -0.2) is 4.79 Å². The highest BCUT2D eigenvalue weighted by molar-refractivity contribution is 5.93. The molecule has 0 bridgehead atoms. The molecule has 0 unspecified atom stereocenters. The van der Waals surface area contributed by atoms with Crippen LogP contribution in [0.4, 0.5) is 0 Å². The fraction of sp³-hybridized carbons (Fsp3) is 0.125. The van der Waals surface area contributed by atoms with E-state index in [0.29, 0.717) is 11.1 Å². The van der Waals surface area contributed by atoms with Crippen molar-refractivity contribution >= 4 is 17.0 Å². The van der Waals surface area contributed by atoms with Crippen LogP contribution in [0.1, 0.15) is 10.4 Å². The molecule has 1 aromatic heterocycles. The van der Waals surface area contributed by atoms with Crippen LogP contribution in [0.25, 0.3) is 11.0 Å². The summed E-state index contributed by atoms with van der Waals surface area (Å²) >= 11 is 0. The van der Waals surface area contributed by atoms with Crippen LogP contribution in [-0.4, -0.2) is 28.5 Å². The summed E-state index contributed by atoms with van der Waals surface area (Å²) < 4.78 is 4.56. The molecule has 0 saturated heterocycles. The van der Waals surface area contributed by atoms with E-state index >= 15 is 0 Å². The van der Waals surface area contributed by atoms with Gasteiger partial charge in [0.05, 0.1) is 12.7 Å². The van der Waals surface area contributed by atoms with Gasteiger partial charge >= 0.3 is 5.97 Å². The van der Waals surface area contributed by atoms with Crippen LogP contribution >= 0.6 is 0 Å². The average Bonchev–Trinajstić information content (AvgIpc) is 2.63. The second-order valence-corrected chi connectivity index (χ2v) is 2.52. The number of nitrogens with zero attached hydrogens (tertiary/aromatic N) is 2. The number of aromatic amines is 1. The van der Waals surface area contributed by atoms with Gasteiger partial charge in [0.1, 0.15) is 11.0 Å². The summed E-state index contributed by atoms with van der Waals surface area (Å²) in [6.07, 6.45) is 0. The van der Waals surface area contributed by atoms with E-state index in [2.05, 4.69) is 20.1 Å². The maximum absolute atomic E-state index is 11.1. The molecule has 0 atom stereocenters. The number of nitrogens with one attached hydrogen (secondary N) is 1. The van der Waals surface area contributed by atoms with Gasteiger partial charge in [-0.15, -0.1) is 0 Å². The van der Waals surface area contributed by atoms with Crippen LogP contribution in [-0.2, 0) is 4.74 Å². The van der Waals surface area contributed by atoms with E-state index in [-0.39, 0.29) is 5.97 Å². The van der Waals surface area contributed by atoms with Crippen LogP contribution in [0.5, 0.6) is 0 Å². The van der Waals surface area contributed by atoms with E-state index in [1.54, 1.807) is 18.2 Å². The molecule has 66 valence electrons. The molecular weight excluding hydrogens is 170 g/mol. The zero-order valence-corrected chi connectivity index (χ0v) is 6.94. The number of hydrogen-bond acceptors (Lipinski definition) is 4. The molecule has 0 amide bonds. The van der Waals surface area contributed by atoms with Gasteiger partial charge in [0.25, 0.3) is 0 Å². The minimum Gasteiger partial charge on any atom is -0.465 e. The number of H-pyrrole nitrogens is 1. The Morgan fingerprint density at radius 1 is 1.38 bits per heavy atom. The predicted octanol–water partition coefficient (Wildman–Crippen LogP) is 0.744. The van der Waals surface area contributed by atoms with Crippen molar-refractivity contribution in [3.05, 3.63) is 23.8 Å². The summed E-state index contributed by atoms with van der Waals surface area (Å²) in [5, 5.41) is 10.2. The van der Waals surface area contributed by atoms with Gasteiger partial charge in [-0.2, -0.15) is 15.4 Å². The third kappa shape index (κ3) is 1.24. The van der Waals surface area contributed by atoms with E-state index in [4.69, 9.17) is 0 Å². The second kappa shape index (κ2) is 2.85. The third-order valence-electron chi connectivity index (χ3n) is 1.74. The summed E-state index contributed by atoms with van der Waals surface area (Å²) in [5.41, 5.74) is 1.86. The first kappa shape index (κ1) is 7.72. The Morgan fingerprint density at radius 2 is 2.15 bits per heavy atom. The number of fused-ring (bicyclic) bond motifs is 1. The maximum Gasteiger partial charge on any atom is 0.337 e. The van der Waals surface area contributed by atoms with E-state index in [9.17, 15) is 4.79 Å². The van der Waals surface area contributed by atoms with E-state index in [1.807, 2.05) is 0 Å². The lowest BCUT2D eigenvalue weighted by molar-refractivity contribution is 0.0601. The van der Waals surface area contributed by atoms with Gasteiger partial charge in [-0.05, 0) is 18.2 Å². The van der Waals surface area contributed by atoms with Crippen LogP contribution < -0.4 is 0 Å². The Labute approximate surface area is 73.7 Å². The lowest BCUT2D eigenvalue weighted by Crippen LogP contribution is -2.00. The Balaban J connectivity index is 2.54. The van der Waals surface area contributed by atoms with Crippen molar-refractivity contribution in [3.63, 3.8) is 0 Å². The van der Waals surface area contributed by atoms with Crippen molar-refractivity contribution in [1.29, 1.82) is 0 Å². The normalized spacial score (nSPS) is 10.2. The van der Waals surface area contributed by atoms with Crippen molar-refractivity contribution < 1.29 is 9.53 Å². The SMILES string of the molecule is COC(=O)c1ccc2n[nH]nc2c1. The molecule has 1 N–H and O–H groups in total. The molecule has 0 fully saturated rings. The van der Waals surface area contributed by atoms with Gasteiger partial charge in [0.15, 0.2) is 0 Å². The Bertz CT molecular complexity index is 449. The Kier molecular flexibility index (Phi) is 1.70. The van der Waals surface area contributed by atoms with Crippen molar-refractivity contribution in [2.45, 2.75) is 0 Å². The molecule has 5 nitrogen and oxygen atoms in total. The zero-order chi connectivity index (χ0) is 9.26. The highest BCUT2D eigenvalue weighted by Crippen LogP contribution is 2.10. The molecule has 5 heteroatoms. The first-order chi connectivity index (χ1) is 6.31. The minimum absolute atomic E-state index is 0.370. The standard InChI is InChI=1S/C8H7N3O2/c1-13-8(12)5-2-3-6-7(4-5)10-11-9-6/h2-4H,1H3,(H,9,10,11). The monoisotopic (exact) mass is 177 g/mol. The molecule has 2 aromatic rings. The average molecular weight is 177 g/mol. The molecule has 0 aliphatic heterocycles. The summed E-state index contributed by atoms with van der Waals surface area (Å²) in [6.45, 7) is 0. The molecule has 1 heterocycles. The summed E-state index contributed by atoms with van der Waals surface area (Å²) in [5.74, 6) is -0.370. The number of aromatic nitrogens is 3. The molecule has 13 heavy (non-hydrogen) atoms. The molecular formula is C8H7N3O2. The first-order valence-corrected chi connectivity index (χ1v) is 3.70. The highest BCUT2D eigenvalue weighted by atomic mass is 16.5. The fourth-order valence-corrected chi connectivity index (χ4v) is 1.09. The number of carbonyl (C=O) groups is 1. The van der Waals surface area contributed by atoms with Crippen molar-refractivity contribution in [3.8, 4) is 0 Å². The predicted molar refractivity (Wildman–Crippen MR) is 45.2 cm³/mol. The van der Waals surface area contributed by atoms with Gasteiger partial charge < -0.3 is 4.74 Å². The van der Waals surface area contributed by atoms with Crippen LogP contribution in [0.15, 0.2) is 18.2 Å². The molecule has 0 spiro atoms. The molecule has 1 aromatic carbocycles. The summed E-state index contributed by atoms with van der Waals surface area (Å²) in [4.78, 5) is 11.1. The first-order valence-electron chi connectivity index (χ1n) is 3.70. The Morgan fingerprint density at radius 3 is 2.92 bits per heavy atom. The molecule has 2 rings (SSSR count). The smallest absolute Gasteiger partial charge is 0.337 e. The largest absolute Gasteiger partial charge is 0.465 e. The van der Waals surface area contributed by atoms with Crippen LogP contribution in [0.3, 0.4) is 0 Å². The fourth-order valence-electron chi connectivity index (χ4n) is 1.09. The number of carbonyl (C=O) groups excluding carboxylic acids is 1. The molecule has 0 radical (unpaired) electrons. The van der Waals surface area contributed by atoms with Crippen molar-refractivity contribution in [2.75, 3.05) is 7.11 Å². The number of hydrogen-bond donors (Lipinski definition) is 1. The topological polar surface area (TPSA) is 67.9 Å². The summed E-state index contributed by atoms with van der Waals surface area (Å²) in [6, 6.07) is 4.99. The van der Waals surface area contributed by atoms with Crippen LogP contribution in [0.2, 0.25) is 0 Å².